The molecule has 7 heteroatoms. The van der Waals surface area contributed by atoms with Gasteiger partial charge >= 0.3 is 0 Å². The number of hydrogen-bond acceptors (Lipinski definition) is 4. The van der Waals surface area contributed by atoms with Crippen LogP contribution in [0.1, 0.15) is 18.1 Å². The summed E-state index contributed by atoms with van der Waals surface area (Å²) in [7, 11) is 3.11. The Bertz CT molecular complexity index is 866. The van der Waals surface area contributed by atoms with Gasteiger partial charge in [-0.2, -0.15) is 0 Å². The van der Waals surface area contributed by atoms with Crippen LogP contribution in [0, 0.1) is 5.82 Å². The molecule has 2 aromatic rings. The van der Waals surface area contributed by atoms with E-state index in [0.717, 1.165) is 5.56 Å². The summed E-state index contributed by atoms with van der Waals surface area (Å²) in [5.41, 5.74) is 1.47. The maximum Gasteiger partial charge on any atom is 0.247 e. The van der Waals surface area contributed by atoms with Crippen LogP contribution >= 0.6 is 0 Å². The Hall–Kier alpha value is -3.35. The molecule has 0 heterocycles. The highest BCUT2D eigenvalue weighted by molar-refractivity contribution is 5.94. The zero-order valence-electron chi connectivity index (χ0n) is 16.8. The van der Waals surface area contributed by atoms with E-state index < -0.39 is 0 Å². The van der Waals surface area contributed by atoms with Gasteiger partial charge in [-0.05, 0) is 48.9 Å². The Morgan fingerprint density at radius 1 is 1.10 bits per heavy atom. The number of ether oxygens (including phenoxy) is 2. The summed E-state index contributed by atoms with van der Waals surface area (Å²) in [6.07, 6.45) is 3.02. The van der Waals surface area contributed by atoms with E-state index >= 15 is 0 Å². The van der Waals surface area contributed by atoms with Gasteiger partial charge in [0.2, 0.25) is 11.8 Å². The first kappa shape index (κ1) is 21.9. The molecule has 2 aromatic carbocycles. The molecule has 0 fully saturated rings. The lowest BCUT2D eigenvalue weighted by Gasteiger charge is -2.18. The second-order valence-corrected chi connectivity index (χ2v) is 6.20. The first-order valence-electron chi connectivity index (χ1n) is 9.17. The maximum atomic E-state index is 12.9. The molecular weight excluding hydrogens is 375 g/mol. The van der Waals surface area contributed by atoms with Crippen LogP contribution in [0.4, 0.5) is 4.39 Å². The molecule has 0 aliphatic rings. The molecule has 0 saturated heterocycles. The van der Waals surface area contributed by atoms with E-state index in [1.165, 1.54) is 23.1 Å². The number of methoxy groups -OCH3 is 2. The molecule has 0 aliphatic carbocycles. The van der Waals surface area contributed by atoms with E-state index in [1.807, 2.05) is 0 Å². The highest BCUT2D eigenvalue weighted by atomic mass is 19.1. The maximum absolute atomic E-state index is 12.9. The molecule has 0 saturated carbocycles. The molecule has 0 aliphatic heterocycles. The van der Waals surface area contributed by atoms with Gasteiger partial charge in [0.05, 0.1) is 20.8 Å². The Morgan fingerprint density at radius 3 is 2.45 bits per heavy atom. The quantitative estimate of drug-likeness (QED) is 0.657. The van der Waals surface area contributed by atoms with Crippen molar-refractivity contribution in [2.75, 3.05) is 27.3 Å². The minimum absolute atomic E-state index is 0.0733. The van der Waals surface area contributed by atoms with Crippen molar-refractivity contribution < 1.29 is 23.5 Å². The van der Waals surface area contributed by atoms with Gasteiger partial charge in [-0.1, -0.05) is 12.1 Å². The van der Waals surface area contributed by atoms with E-state index in [2.05, 4.69) is 5.32 Å². The van der Waals surface area contributed by atoms with Gasteiger partial charge in [-0.25, -0.2) is 4.39 Å². The summed E-state index contributed by atoms with van der Waals surface area (Å²) in [5, 5.41) is 2.73. The highest BCUT2D eigenvalue weighted by Crippen LogP contribution is 2.25. The molecule has 0 bridgehead atoms. The van der Waals surface area contributed by atoms with E-state index in [0.29, 0.717) is 23.6 Å². The highest BCUT2D eigenvalue weighted by Gasteiger charge is 2.13. The van der Waals surface area contributed by atoms with Crippen molar-refractivity contribution in [2.24, 2.45) is 0 Å². The van der Waals surface area contributed by atoms with Crippen molar-refractivity contribution in [1.82, 2.24) is 10.2 Å². The molecule has 2 amide bonds. The third-order valence-electron chi connectivity index (χ3n) is 4.27. The monoisotopic (exact) mass is 400 g/mol. The van der Waals surface area contributed by atoms with E-state index in [1.54, 1.807) is 57.6 Å². The van der Waals surface area contributed by atoms with E-state index in [9.17, 15) is 14.0 Å². The van der Waals surface area contributed by atoms with Gasteiger partial charge in [0.1, 0.15) is 17.3 Å². The average molecular weight is 400 g/mol. The lowest BCUT2D eigenvalue weighted by molar-refractivity contribution is -0.132. The Labute approximate surface area is 169 Å². The van der Waals surface area contributed by atoms with Crippen LogP contribution in [0.5, 0.6) is 11.5 Å². The fraction of sp³-hybridized carbons (Fsp3) is 0.273. The number of nitrogens with zero attached hydrogens (tertiary/aromatic N) is 1. The molecule has 0 radical (unpaired) electrons. The van der Waals surface area contributed by atoms with Crippen LogP contribution in [0.3, 0.4) is 0 Å². The zero-order valence-corrected chi connectivity index (χ0v) is 16.8. The summed E-state index contributed by atoms with van der Waals surface area (Å²) in [5.74, 6) is 0.328. The number of likely N-dealkylation sites (N-methyl/N-ethyl adjacent to an activating group) is 1. The van der Waals surface area contributed by atoms with Crippen LogP contribution in [0.25, 0.3) is 6.08 Å². The molecule has 0 unspecified atom stereocenters. The fourth-order valence-electron chi connectivity index (χ4n) is 2.61. The molecule has 2 rings (SSSR count). The van der Waals surface area contributed by atoms with Crippen molar-refractivity contribution in [3.05, 3.63) is 65.5 Å². The smallest absolute Gasteiger partial charge is 0.247 e. The summed E-state index contributed by atoms with van der Waals surface area (Å²) in [4.78, 5) is 26.1. The van der Waals surface area contributed by atoms with Crippen LogP contribution in [0.15, 0.2) is 48.5 Å². The second kappa shape index (κ2) is 10.8. The number of rotatable bonds is 9. The molecule has 6 nitrogen and oxygen atoms in total. The van der Waals surface area contributed by atoms with Gasteiger partial charge < -0.3 is 19.7 Å². The number of benzene rings is 2. The first-order valence-corrected chi connectivity index (χ1v) is 9.17. The molecular formula is C22H25FN2O4. The normalized spacial score (nSPS) is 10.6. The molecule has 1 N–H and O–H groups in total. The second-order valence-electron chi connectivity index (χ2n) is 6.20. The number of carbonyl (C=O) groups is 2. The SMILES string of the molecule is CCN(CC(=O)NCc1ccc(F)cc1)C(=O)/C=C/c1cc(OC)ccc1OC. The van der Waals surface area contributed by atoms with Crippen molar-refractivity contribution in [3.8, 4) is 11.5 Å². The van der Waals surface area contributed by atoms with Crippen LogP contribution in [-0.4, -0.2) is 44.0 Å². The van der Waals surface area contributed by atoms with Crippen molar-refractivity contribution in [3.63, 3.8) is 0 Å². The predicted octanol–water partition coefficient (Wildman–Crippen LogP) is 3.02. The summed E-state index contributed by atoms with van der Waals surface area (Å²) >= 11 is 0. The predicted molar refractivity (Wildman–Crippen MR) is 109 cm³/mol. The topological polar surface area (TPSA) is 67.9 Å². The van der Waals surface area contributed by atoms with Crippen LogP contribution < -0.4 is 14.8 Å². The van der Waals surface area contributed by atoms with Gasteiger partial charge in [0, 0.05) is 24.7 Å². The standard InChI is InChI=1S/C22H25FN2O4/c1-4-25(15-21(26)24-14-16-5-8-18(23)9-6-16)22(27)12-7-17-13-19(28-2)10-11-20(17)29-3/h5-13H,4,14-15H2,1-3H3,(H,24,26)/b12-7+. The number of nitrogens with one attached hydrogen (secondary N) is 1. The van der Waals surface area contributed by atoms with Gasteiger partial charge in [-0.15, -0.1) is 0 Å². The third-order valence-corrected chi connectivity index (χ3v) is 4.27. The summed E-state index contributed by atoms with van der Waals surface area (Å²) in [6, 6.07) is 11.1. The van der Waals surface area contributed by atoms with Crippen molar-refractivity contribution in [2.45, 2.75) is 13.5 Å². The Kier molecular flexibility index (Phi) is 8.21. The van der Waals surface area contributed by atoms with Crippen LogP contribution in [-0.2, 0) is 16.1 Å². The molecule has 0 aromatic heterocycles. The molecule has 0 atom stereocenters. The lowest BCUT2D eigenvalue weighted by atomic mass is 10.1. The number of halogens is 1. The van der Waals surface area contributed by atoms with Crippen molar-refractivity contribution in [1.29, 1.82) is 0 Å². The lowest BCUT2D eigenvalue weighted by Crippen LogP contribution is -2.39. The van der Waals surface area contributed by atoms with Gasteiger partial charge in [0.25, 0.3) is 0 Å². The Morgan fingerprint density at radius 2 is 1.83 bits per heavy atom. The third kappa shape index (κ3) is 6.64. The zero-order chi connectivity index (χ0) is 21.2. The minimum Gasteiger partial charge on any atom is -0.497 e. The number of amides is 2. The van der Waals surface area contributed by atoms with E-state index in [-0.39, 0.29) is 30.7 Å². The van der Waals surface area contributed by atoms with Crippen molar-refractivity contribution >= 4 is 17.9 Å². The number of carbonyl (C=O) groups excluding carboxylic acids is 2. The summed E-state index contributed by atoms with van der Waals surface area (Å²) in [6.45, 7) is 2.37. The fourth-order valence-corrected chi connectivity index (χ4v) is 2.61. The molecule has 29 heavy (non-hydrogen) atoms. The summed E-state index contributed by atoms with van der Waals surface area (Å²) < 4.78 is 23.4. The van der Waals surface area contributed by atoms with Gasteiger partial charge in [0.15, 0.2) is 0 Å². The molecule has 0 spiro atoms. The average Bonchev–Trinajstić information content (AvgIpc) is 2.75. The molecule has 154 valence electrons. The van der Waals surface area contributed by atoms with E-state index in [4.69, 9.17) is 9.47 Å². The number of hydrogen-bond donors (Lipinski definition) is 1. The first-order chi connectivity index (χ1) is 14.0. The van der Waals surface area contributed by atoms with Crippen LogP contribution in [0.2, 0.25) is 0 Å². The Balaban J connectivity index is 1.96. The minimum atomic E-state index is -0.331. The van der Waals surface area contributed by atoms with Gasteiger partial charge in [-0.3, -0.25) is 9.59 Å². The largest absolute Gasteiger partial charge is 0.497 e.